The predicted octanol–water partition coefficient (Wildman–Crippen LogP) is 1.67. The molecule has 4 rings (SSSR count). The first-order valence-electron chi connectivity index (χ1n) is 8.73. The van der Waals surface area contributed by atoms with Crippen molar-refractivity contribution in [2.75, 3.05) is 19.7 Å². The Bertz CT molecular complexity index is 680. The number of aldehydes is 1. The number of aromatic nitrogens is 2. The molecule has 144 valence electrons. The lowest BCUT2D eigenvalue weighted by molar-refractivity contribution is -0.278. The molecule has 4 atom stereocenters. The molecular formula is C16H20F4N4O2. The Morgan fingerprint density at radius 1 is 1.31 bits per heavy atom. The Balaban J connectivity index is 1.50. The summed E-state index contributed by atoms with van der Waals surface area (Å²) in [5, 5.41) is 6.78. The van der Waals surface area contributed by atoms with Crippen LogP contribution < -0.4 is 0 Å². The van der Waals surface area contributed by atoms with Crippen LogP contribution in [0.5, 0.6) is 0 Å². The van der Waals surface area contributed by atoms with Gasteiger partial charge in [-0.25, -0.2) is 4.39 Å². The minimum atomic E-state index is -4.62. The molecule has 1 aromatic heterocycles. The summed E-state index contributed by atoms with van der Waals surface area (Å²) in [5.74, 6) is 0. The van der Waals surface area contributed by atoms with Crippen LogP contribution in [0.2, 0.25) is 0 Å². The quantitative estimate of drug-likeness (QED) is 0.642. The standard InChI is InChI=1S/C16H20F4N4O2/c17-10-2-1-4-24(14(10)16(18,19)20)15-13(8-26-15)23-5-3-9-11(6-23)21-22-12(9)7-25/h7,10,13-15H,1-6,8H2,(H,21,22). The first-order chi connectivity index (χ1) is 12.4. The van der Waals surface area contributed by atoms with Crippen molar-refractivity contribution in [1.29, 1.82) is 0 Å². The van der Waals surface area contributed by atoms with E-state index in [-0.39, 0.29) is 19.0 Å². The summed E-state index contributed by atoms with van der Waals surface area (Å²) in [5.41, 5.74) is 2.05. The van der Waals surface area contributed by atoms with Crippen LogP contribution in [0.3, 0.4) is 0 Å². The zero-order valence-electron chi connectivity index (χ0n) is 14.0. The molecule has 2 saturated heterocycles. The van der Waals surface area contributed by atoms with E-state index in [0.717, 1.165) is 16.2 Å². The maximum atomic E-state index is 14.0. The maximum Gasteiger partial charge on any atom is 0.406 e. The van der Waals surface area contributed by atoms with Crippen LogP contribution >= 0.6 is 0 Å². The molecule has 10 heteroatoms. The zero-order valence-corrected chi connectivity index (χ0v) is 14.0. The van der Waals surface area contributed by atoms with E-state index >= 15 is 0 Å². The van der Waals surface area contributed by atoms with Crippen molar-refractivity contribution in [1.82, 2.24) is 20.0 Å². The van der Waals surface area contributed by atoms with Crippen LogP contribution in [-0.4, -0.2) is 76.6 Å². The molecule has 0 spiro atoms. The number of nitrogens with zero attached hydrogens (tertiary/aromatic N) is 3. The molecule has 0 radical (unpaired) electrons. The first-order valence-corrected chi connectivity index (χ1v) is 8.73. The highest BCUT2D eigenvalue weighted by atomic mass is 19.4. The molecule has 1 N–H and O–H groups in total. The number of aromatic amines is 1. The number of rotatable bonds is 3. The second kappa shape index (κ2) is 6.58. The normalized spacial score (nSPS) is 33.5. The molecule has 3 aliphatic rings. The summed E-state index contributed by atoms with van der Waals surface area (Å²) >= 11 is 0. The largest absolute Gasteiger partial charge is 0.406 e. The number of piperidine rings is 1. The van der Waals surface area contributed by atoms with Crippen LogP contribution in [-0.2, 0) is 17.7 Å². The summed E-state index contributed by atoms with van der Waals surface area (Å²) in [6, 6.07) is -2.35. The average Bonchev–Trinajstić information content (AvgIpc) is 2.95. The van der Waals surface area contributed by atoms with Gasteiger partial charge in [0.05, 0.1) is 18.3 Å². The third-order valence-electron chi connectivity index (χ3n) is 5.60. The molecule has 2 fully saturated rings. The van der Waals surface area contributed by atoms with Gasteiger partial charge in [0.1, 0.15) is 24.1 Å². The van der Waals surface area contributed by atoms with E-state index in [1.807, 2.05) is 4.90 Å². The number of hydrogen-bond donors (Lipinski definition) is 1. The number of likely N-dealkylation sites (tertiary alicyclic amines) is 1. The molecule has 0 bridgehead atoms. The van der Waals surface area contributed by atoms with E-state index in [9.17, 15) is 22.4 Å². The highest BCUT2D eigenvalue weighted by Crippen LogP contribution is 2.38. The van der Waals surface area contributed by atoms with Crippen molar-refractivity contribution in [3.63, 3.8) is 0 Å². The Morgan fingerprint density at radius 2 is 2.12 bits per heavy atom. The molecule has 4 heterocycles. The minimum Gasteiger partial charge on any atom is -0.360 e. The third-order valence-corrected chi connectivity index (χ3v) is 5.60. The van der Waals surface area contributed by atoms with Crippen molar-refractivity contribution in [2.24, 2.45) is 0 Å². The lowest BCUT2D eigenvalue weighted by Crippen LogP contribution is -2.69. The second-order valence-electron chi connectivity index (χ2n) is 7.08. The van der Waals surface area contributed by atoms with E-state index in [4.69, 9.17) is 4.74 Å². The number of ether oxygens (including phenoxy) is 1. The fourth-order valence-electron chi connectivity index (χ4n) is 4.27. The highest BCUT2D eigenvalue weighted by Gasteiger charge is 2.56. The van der Waals surface area contributed by atoms with Gasteiger partial charge in [-0.05, 0) is 19.3 Å². The summed E-state index contributed by atoms with van der Waals surface area (Å²) in [4.78, 5) is 14.1. The van der Waals surface area contributed by atoms with E-state index in [1.165, 1.54) is 0 Å². The van der Waals surface area contributed by atoms with Crippen molar-refractivity contribution in [3.05, 3.63) is 17.0 Å². The van der Waals surface area contributed by atoms with Crippen molar-refractivity contribution < 1.29 is 27.1 Å². The number of halogens is 4. The smallest absolute Gasteiger partial charge is 0.360 e. The SMILES string of the molecule is O=Cc1n[nH]c2c1CCN(C1COC1N1CCCC(F)C1C(F)(F)F)C2. The van der Waals surface area contributed by atoms with Gasteiger partial charge in [-0.15, -0.1) is 0 Å². The topological polar surface area (TPSA) is 61.5 Å². The van der Waals surface area contributed by atoms with Gasteiger partial charge in [0, 0.05) is 25.2 Å². The second-order valence-corrected chi connectivity index (χ2v) is 7.08. The number of fused-ring (bicyclic) bond motifs is 1. The predicted molar refractivity (Wildman–Crippen MR) is 82.3 cm³/mol. The molecule has 4 unspecified atom stereocenters. The number of nitrogens with one attached hydrogen (secondary N) is 1. The van der Waals surface area contributed by atoms with E-state index < -0.39 is 24.6 Å². The maximum absolute atomic E-state index is 14.0. The lowest BCUT2D eigenvalue weighted by Gasteiger charge is -2.53. The Morgan fingerprint density at radius 3 is 2.77 bits per heavy atom. The average molecular weight is 376 g/mol. The Kier molecular flexibility index (Phi) is 4.52. The van der Waals surface area contributed by atoms with Gasteiger partial charge >= 0.3 is 6.18 Å². The fraction of sp³-hybridized carbons (Fsp3) is 0.750. The summed E-state index contributed by atoms with van der Waals surface area (Å²) in [6.07, 6.45) is -5.72. The van der Waals surface area contributed by atoms with Crippen LogP contribution in [0, 0.1) is 0 Å². The number of hydrogen-bond acceptors (Lipinski definition) is 5. The Hall–Kier alpha value is -1.52. The lowest BCUT2D eigenvalue weighted by atomic mass is 9.95. The molecule has 3 aliphatic heterocycles. The van der Waals surface area contributed by atoms with Crippen molar-refractivity contribution >= 4 is 6.29 Å². The van der Waals surface area contributed by atoms with Crippen LogP contribution in [0.4, 0.5) is 17.6 Å². The Labute approximate surface area is 147 Å². The molecular weight excluding hydrogens is 356 g/mol. The molecule has 0 aliphatic carbocycles. The molecule has 0 amide bonds. The highest BCUT2D eigenvalue weighted by molar-refractivity contribution is 5.74. The molecule has 0 aromatic carbocycles. The van der Waals surface area contributed by atoms with Crippen LogP contribution in [0.1, 0.15) is 34.6 Å². The van der Waals surface area contributed by atoms with E-state index in [2.05, 4.69) is 10.2 Å². The van der Waals surface area contributed by atoms with Gasteiger partial charge in [-0.3, -0.25) is 19.7 Å². The summed E-state index contributed by atoms with van der Waals surface area (Å²) in [7, 11) is 0. The molecule has 26 heavy (non-hydrogen) atoms. The number of carbonyl (C=O) groups excluding carboxylic acids is 1. The number of carbonyl (C=O) groups is 1. The summed E-state index contributed by atoms with van der Waals surface area (Å²) in [6.45, 7) is 1.54. The first kappa shape index (κ1) is 17.9. The number of alkyl halides is 4. The van der Waals surface area contributed by atoms with Gasteiger partial charge in [0.2, 0.25) is 0 Å². The third kappa shape index (κ3) is 2.93. The van der Waals surface area contributed by atoms with Crippen LogP contribution in [0.25, 0.3) is 0 Å². The van der Waals surface area contributed by atoms with Gasteiger partial charge in [0.25, 0.3) is 0 Å². The molecule has 0 saturated carbocycles. The van der Waals surface area contributed by atoms with Gasteiger partial charge in [-0.2, -0.15) is 18.3 Å². The van der Waals surface area contributed by atoms with E-state index in [0.29, 0.717) is 44.5 Å². The fourth-order valence-corrected chi connectivity index (χ4v) is 4.27. The van der Waals surface area contributed by atoms with E-state index in [1.54, 1.807) is 0 Å². The van der Waals surface area contributed by atoms with Gasteiger partial charge in [0.15, 0.2) is 6.29 Å². The van der Waals surface area contributed by atoms with Crippen molar-refractivity contribution in [3.8, 4) is 0 Å². The van der Waals surface area contributed by atoms with Gasteiger partial charge < -0.3 is 4.74 Å². The summed E-state index contributed by atoms with van der Waals surface area (Å²) < 4.78 is 59.6. The zero-order chi connectivity index (χ0) is 18.5. The minimum absolute atomic E-state index is 0.0756. The monoisotopic (exact) mass is 376 g/mol. The van der Waals surface area contributed by atoms with Crippen molar-refractivity contribution in [2.45, 2.75) is 56.5 Å². The molecule has 6 nitrogen and oxygen atoms in total. The molecule has 1 aromatic rings. The van der Waals surface area contributed by atoms with Gasteiger partial charge in [-0.1, -0.05) is 0 Å². The number of H-pyrrole nitrogens is 1. The van der Waals surface area contributed by atoms with Crippen LogP contribution in [0.15, 0.2) is 0 Å².